The molecule has 0 aromatic carbocycles. The number of fused-ring (bicyclic) bond motifs is 4. The number of rotatable bonds is 1. The van der Waals surface area contributed by atoms with Crippen molar-refractivity contribution in [2.45, 2.75) is 29.9 Å². The Bertz CT molecular complexity index is 591. The Hall–Kier alpha value is -0.880. The van der Waals surface area contributed by atoms with Gasteiger partial charge in [0, 0.05) is 30.4 Å². The highest BCUT2D eigenvalue weighted by Crippen LogP contribution is 2.41. The number of piperazine rings is 1. The summed E-state index contributed by atoms with van der Waals surface area (Å²) >= 11 is 6.51. The molecule has 3 aliphatic rings. The first kappa shape index (κ1) is 13.1. The van der Waals surface area contributed by atoms with Crippen molar-refractivity contribution < 1.29 is 0 Å². The van der Waals surface area contributed by atoms with Crippen LogP contribution in [0.25, 0.3) is 10.9 Å². The van der Waals surface area contributed by atoms with Gasteiger partial charge in [0.05, 0.1) is 16.7 Å². The molecule has 3 N–H and O–H groups in total. The molecule has 2 aromatic rings. The van der Waals surface area contributed by atoms with Crippen LogP contribution in [0.3, 0.4) is 0 Å². The van der Waals surface area contributed by atoms with Gasteiger partial charge in [-0.05, 0) is 18.9 Å². The van der Waals surface area contributed by atoms with Gasteiger partial charge in [0.1, 0.15) is 5.50 Å². The molecule has 2 bridgehead atoms. The number of pyridine rings is 1. The molecule has 0 saturated carbocycles. The monoisotopic (exact) mass is 299 g/mol. The fourth-order valence-electron chi connectivity index (χ4n) is 3.12. The molecule has 0 aliphatic carbocycles. The van der Waals surface area contributed by atoms with Gasteiger partial charge < -0.3 is 5.32 Å². The molecular weight excluding hydrogens is 285 g/mol. The Balaban J connectivity index is 0.00000110. The number of halogens is 2. The lowest BCUT2D eigenvalue weighted by atomic mass is 9.79. The van der Waals surface area contributed by atoms with Crippen molar-refractivity contribution in [3.05, 3.63) is 24.2 Å². The first-order chi connectivity index (χ1) is 8.79. The molecular formula is C12H15Cl2N5. The van der Waals surface area contributed by atoms with Gasteiger partial charge in [-0.2, -0.15) is 5.10 Å². The van der Waals surface area contributed by atoms with Crippen LogP contribution in [-0.4, -0.2) is 33.3 Å². The molecule has 19 heavy (non-hydrogen) atoms. The first-order valence-electron chi connectivity index (χ1n) is 6.23. The van der Waals surface area contributed by atoms with Crippen molar-refractivity contribution in [1.82, 2.24) is 25.8 Å². The van der Waals surface area contributed by atoms with Crippen molar-refractivity contribution in [3.8, 4) is 0 Å². The van der Waals surface area contributed by atoms with Crippen LogP contribution in [0.4, 0.5) is 0 Å². The van der Waals surface area contributed by atoms with Gasteiger partial charge in [0.2, 0.25) is 0 Å². The second-order valence-electron chi connectivity index (χ2n) is 5.11. The quantitative estimate of drug-likeness (QED) is 0.551. The molecule has 102 valence electrons. The van der Waals surface area contributed by atoms with Crippen molar-refractivity contribution in [3.63, 3.8) is 0 Å². The number of aromatic nitrogens is 3. The Kier molecular flexibility index (Phi) is 3.17. The maximum Gasteiger partial charge on any atom is 0.107 e. The zero-order chi connectivity index (χ0) is 12.2. The molecule has 3 saturated heterocycles. The molecule has 3 aliphatic heterocycles. The highest BCUT2D eigenvalue weighted by molar-refractivity contribution is 6.21. The average molecular weight is 300 g/mol. The maximum absolute atomic E-state index is 6.51. The average Bonchev–Trinajstić information content (AvgIpc) is 2.84. The summed E-state index contributed by atoms with van der Waals surface area (Å²) in [5.74, 6) is 0. The largest absolute Gasteiger partial charge is 0.302 e. The standard InChI is InChI=1S/C12H14ClN5.ClH/c13-11-12(3-1-7(16-11)5-15-12)10-8-6-14-4-2-9(8)17-18-10;/h2,4,6-7,11,15-16H,1,3,5H2,(H,17,18);1H. The van der Waals surface area contributed by atoms with Crippen molar-refractivity contribution in [2.24, 2.45) is 0 Å². The minimum Gasteiger partial charge on any atom is -0.302 e. The number of nitrogens with one attached hydrogen (secondary N) is 3. The van der Waals surface area contributed by atoms with Gasteiger partial charge in [0.25, 0.3) is 0 Å². The predicted molar refractivity (Wildman–Crippen MR) is 76.6 cm³/mol. The van der Waals surface area contributed by atoms with Crippen LogP contribution in [-0.2, 0) is 5.54 Å². The van der Waals surface area contributed by atoms with Crippen LogP contribution >= 0.6 is 24.0 Å². The van der Waals surface area contributed by atoms with E-state index in [1.807, 2.05) is 12.3 Å². The topological polar surface area (TPSA) is 65.6 Å². The predicted octanol–water partition coefficient (Wildman–Crippen LogP) is 1.50. The highest BCUT2D eigenvalue weighted by Gasteiger charge is 2.50. The third-order valence-electron chi connectivity index (χ3n) is 4.15. The van der Waals surface area contributed by atoms with E-state index in [2.05, 4.69) is 25.8 Å². The Labute approximate surface area is 121 Å². The van der Waals surface area contributed by atoms with E-state index in [1.165, 1.54) is 0 Å². The van der Waals surface area contributed by atoms with Gasteiger partial charge in [-0.25, -0.2) is 0 Å². The summed E-state index contributed by atoms with van der Waals surface area (Å²) in [5.41, 5.74) is 1.58. The lowest BCUT2D eigenvalue weighted by Gasteiger charge is -2.50. The number of aromatic amines is 1. The summed E-state index contributed by atoms with van der Waals surface area (Å²) in [6, 6.07) is 2.42. The van der Waals surface area contributed by atoms with Gasteiger partial charge in [-0.1, -0.05) is 0 Å². The van der Waals surface area contributed by atoms with E-state index < -0.39 is 0 Å². The fourth-order valence-corrected chi connectivity index (χ4v) is 3.59. The Morgan fingerprint density at radius 1 is 1.42 bits per heavy atom. The number of nitrogens with zero attached hydrogens (tertiary/aromatic N) is 2. The van der Waals surface area contributed by atoms with E-state index in [4.69, 9.17) is 11.6 Å². The number of hydrogen-bond donors (Lipinski definition) is 3. The fraction of sp³-hybridized carbons (Fsp3) is 0.500. The highest BCUT2D eigenvalue weighted by atomic mass is 35.5. The number of hydrogen-bond acceptors (Lipinski definition) is 4. The molecule has 5 nitrogen and oxygen atoms in total. The van der Waals surface area contributed by atoms with E-state index in [-0.39, 0.29) is 23.4 Å². The van der Waals surface area contributed by atoms with E-state index in [0.29, 0.717) is 6.04 Å². The Morgan fingerprint density at radius 3 is 3.05 bits per heavy atom. The molecule has 0 spiro atoms. The molecule has 5 rings (SSSR count). The SMILES string of the molecule is Cl.ClC1NC2CCC1(c1n[nH]c3ccncc13)NC2. The van der Waals surface area contributed by atoms with Crippen molar-refractivity contribution in [1.29, 1.82) is 0 Å². The second kappa shape index (κ2) is 4.59. The zero-order valence-electron chi connectivity index (χ0n) is 10.2. The molecule has 3 atom stereocenters. The van der Waals surface area contributed by atoms with Gasteiger partial charge in [0.15, 0.2) is 0 Å². The first-order valence-corrected chi connectivity index (χ1v) is 6.67. The van der Waals surface area contributed by atoms with E-state index in [0.717, 1.165) is 36.0 Å². The van der Waals surface area contributed by atoms with Crippen LogP contribution in [0.1, 0.15) is 18.5 Å². The van der Waals surface area contributed by atoms with Crippen molar-refractivity contribution >= 4 is 34.9 Å². The molecule has 0 radical (unpaired) electrons. The summed E-state index contributed by atoms with van der Waals surface area (Å²) in [5, 5.41) is 15.6. The third-order valence-corrected chi connectivity index (χ3v) is 4.65. The summed E-state index contributed by atoms with van der Waals surface area (Å²) in [4.78, 5) is 4.19. The maximum atomic E-state index is 6.51. The second-order valence-corrected chi connectivity index (χ2v) is 5.55. The normalized spacial score (nSPS) is 33.3. The van der Waals surface area contributed by atoms with E-state index in [1.54, 1.807) is 6.20 Å². The van der Waals surface area contributed by atoms with Crippen LogP contribution in [0.15, 0.2) is 18.5 Å². The van der Waals surface area contributed by atoms with Crippen LogP contribution < -0.4 is 10.6 Å². The third kappa shape index (κ3) is 1.76. The lowest BCUT2D eigenvalue weighted by molar-refractivity contribution is 0.126. The van der Waals surface area contributed by atoms with Gasteiger partial charge in [-0.3, -0.25) is 15.4 Å². The molecule has 7 heteroatoms. The Morgan fingerprint density at radius 2 is 2.32 bits per heavy atom. The minimum absolute atomic E-state index is 0. The number of alkyl halides is 1. The van der Waals surface area contributed by atoms with Crippen molar-refractivity contribution in [2.75, 3.05) is 6.54 Å². The van der Waals surface area contributed by atoms with E-state index in [9.17, 15) is 0 Å². The van der Waals surface area contributed by atoms with Crippen LogP contribution in [0.2, 0.25) is 0 Å². The summed E-state index contributed by atoms with van der Waals surface area (Å²) < 4.78 is 0. The number of piperidine rings is 2. The summed E-state index contributed by atoms with van der Waals surface area (Å²) in [6.45, 7) is 0.942. The van der Waals surface area contributed by atoms with Gasteiger partial charge in [-0.15, -0.1) is 24.0 Å². The molecule has 3 unspecified atom stereocenters. The van der Waals surface area contributed by atoms with Crippen LogP contribution in [0, 0.1) is 0 Å². The molecule has 0 amide bonds. The number of H-pyrrole nitrogens is 1. The van der Waals surface area contributed by atoms with Gasteiger partial charge >= 0.3 is 0 Å². The smallest absolute Gasteiger partial charge is 0.107 e. The minimum atomic E-state index is -0.280. The molecule has 3 fully saturated rings. The summed E-state index contributed by atoms with van der Waals surface area (Å²) in [7, 11) is 0. The zero-order valence-corrected chi connectivity index (χ0v) is 11.8. The van der Waals surface area contributed by atoms with Crippen LogP contribution in [0.5, 0.6) is 0 Å². The molecule has 2 aromatic heterocycles. The summed E-state index contributed by atoms with van der Waals surface area (Å²) in [6.07, 6.45) is 5.76. The van der Waals surface area contributed by atoms with E-state index >= 15 is 0 Å². The molecule has 5 heterocycles. The lowest BCUT2D eigenvalue weighted by Crippen LogP contribution is -2.69.